The molecule has 4 nitrogen and oxygen atoms in total. The van der Waals surface area contributed by atoms with Crippen molar-refractivity contribution in [2.75, 3.05) is 26.2 Å². The summed E-state index contributed by atoms with van der Waals surface area (Å²) in [5.74, 6) is 0. The number of aromatic amines is 1. The van der Waals surface area contributed by atoms with Crippen LogP contribution < -0.4 is 5.56 Å². The zero-order valence-corrected chi connectivity index (χ0v) is 18.1. The first-order valence-corrected chi connectivity index (χ1v) is 11.7. The van der Waals surface area contributed by atoms with Crippen molar-refractivity contribution in [3.8, 4) is 10.4 Å². The molecule has 2 fully saturated rings. The molecule has 2 aromatic rings. The molecule has 0 atom stereocenters. The molecule has 0 saturated carbocycles. The van der Waals surface area contributed by atoms with Crippen LogP contribution in [0.1, 0.15) is 55.2 Å². The molecule has 152 valence electrons. The van der Waals surface area contributed by atoms with E-state index in [4.69, 9.17) is 0 Å². The van der Waals surface area contributed by atoms with Crippen molar-refractivity contribution < 1.29 is 0 Å². The van der Waals surface area contributed by atoms with Gasteiger partial charge in [-0.25, -0.2) is 0 Å². The van der Waals surface area contributed by atoms with Gasteiger partial charge in [0.15, 0.2) is 0 Å². The Balaban J connectivity index is 1.37. The molecule has 2 aliphatic heterocycles. The van der Waals surface area contributed by atoms with Crippen molar-refractivity contribution in [1.29, 1.82) is 0 Å². The predicted molar refractivity (Wildman–Crippen MR) is 118 cm³/mol. The summed E-state index contributed by atoms with van der Waals surface area (Å²) in [5, 5.41) is 0. The summed E-state index contributed by atoms with van der Waals surface area (Å²) in [4.78, 5) is 23.1. The number of aryl methyl sites for hydroxylation is 2. The van der Waals surface area contributed by atoms with Crippen LogP contribution >= 0.6 is 11.3 Å². The molecule has 2 aliphatic rings. The van der Waals surface area contributed by atoms with Gasteiger partial charge >= 0.3 is 0 Å². The fraction of sp³-hybridized carbons (Fsp3) is 0.609. The molecule has 0 unspecified atom stereocenters. The number of rotatable bonds is 5. The fourth-order valence-electron chi connectivity index (χ4n) is 4.74. The molecule has 1 N–H and O–H groups in total. The summed E-state index contributed by atoms with van der Waals surface area (Å²) < 4.78 is 0. The van der Waals surface area contributed by atoms with Crippen LogP contribution in [0.2, 0.25) is 0 Å². The molecular formula is C23H33N3OS. The lowest BCUT2D eigenvalue weighted by atomic mass is 10.00. The molecule has 28 heavy (non-hydrogen) atoms. The van der Waals surface area contributed by atoms with Crippen LogP contribution in [0.25, 0.3) is 10.4 Å². The molecule has 4 heterocycles. The highest BCUT2D eigenvalue weighted by Crippen LogP contribution is 2.31. The second-order valence-electron chi connectivity index (χ2n) is 8.39. The van der Waals surface area contributed by atoms with Crippen LogP contribution in [0.15, 0.2) is 23.0 Å². The first-order valence-electron chi connectivity index (χ1n) is 10.9. The number of thiophene rings is 1. The lowest BCUT2D eigenvalue weighted by Gasteiger charge is -2.40. The van der Waals surface area contributed by atoms with Crippen molar-refractivity contribution in [2.45, 2.75) is 65.0 Å². The van der Waals surface area contributed by atoms with Crippen molar-refractivity contribution in [2.24, 2.45) is 0 Å². The molecule has 0 radical (unpaired) electrons. The molecule has 4 rings (SSSR count). The predicted octanol–water partition coefficient (Wildman–Crippen LogP) is 4.42. The number of hydrogen-bond acceptors (Lipinski definition) is 4. The standard InChI is InChI=1S/C23H33N3OS/c1-3-18-15-21(17(2)24-23(18)27)22-8-7-20(28-22)16-25-13-9-19(10-14-25)26-11-5-4-6-12-26/h7-8,15,19H,3-6,9-14,16H2,1-2H3,(H,24,27). The van der Waals surface area contributed by atoms with Crippen molar-refractivity contribution in [1.82, 2.24) is 14.8 Å². The molecule has 2 aromatic heterocycles. The van der Waals surface area contributed by atoms with E-state index >= 15 is 0 Å². The maximum absolute atomic E-state index is 12.0. The Morgan fingerprint density at radius 1 is 1.11 bits per heavy atom. The SMILES string of the molecule is CCc1cc(-c2ccc(CN3CCC(N4CCCCC4)CC3)s2)c(C)[nH]c1=O. The van der Waals surface area contributed by atoms with E-state index in [1.54, 1.807) is 0 Å². The first-order chi connectivity index (χ1) is 13.6. The first kappa shape index (κ1) is 19.9. The third-order valence-electron chi connectivity index (χ3n) is 6.47. The van der Waals surface area contributed by atoms with Crippen LogP contribution in [0.3, 0.4) is 0 Å². The van der Waals surface area contributed by atoms with Crippen molar-refractivity contribution in [3.63, 3.8) is 0 Å². The van der Waals surface area contributed by atoms with E-state index in [-0.39, 0.29) is 5.56 Å². The third-order valence-corrected chi connectivity index (χ3v) is 7.57. The summed E-state index contributed by atoms with van der Waals surface area (Å²) in [6.07, 6.45) is 7.61. The van der Waals surface area contributed by atoms with Crippen molar-refractivity contribution >= 4 is 11.3 Å². The smallest absolute Gasteiger partial charge is 0.251 e. The number of piperidine rings is 2. The number of aromatic nitrogens is 1. The highest BCUT2D eigenvalue weighted by Gasteiger charge is 2.25. The Labute approximate surface area is 172 Å². The number of nitrogens with zero attached hydrogens (tertiary/aromatic N) is 2. The van der Waals surface area contributed by atoms with Gasteiger partial charge in [0, 0.05) is 52.3 Å². The van der Waals surface area contributed by atoms with E-state index in [0.717, 1.165) is 30.3 Å². The Kier molecular flexibility index (Phi) is 6.34. The highest BCUT2D eigenvalue weighted by molar-refractivity contribution is 7.15. The molecule has 0 aliphatic carbocycles. The minimum atomic E-state index is 0.0529. The quantitative estimate of drug-likeness (QED) is 0.809. The summed E-state index contributed by atoms with van der Waals surface area (Å²) in [6.45, 7) is 10.2. The Hall–Kier alpha value is -1.43. The number of likely N-dealkylation sites (tertiary alicyclic amines) is 2. The normalized spacial score (nSPS) is 19.9. The number of hydrogen-bond donors (Lipinski definition) is 1. The van der Waals surface area contributed by atoms with Gasteiger partial charge < -0.3 is 9.88 Å². The molecule has 0 amide bonds. The van der Waals surface area contributed by atoms with E-state index < -0.39 is 0 Å². The van der Waals surface area contributed by atoms with Gasteiger partial charge in [-0.05, 0) is 70.3 Å². The monoisotopic (exact) mass is 399 g/mol. The number of H-pyrrole nitrogens is 1. The largest absolute Gasteiger partial charge is 0.326 e. The Morgan fingerprint density at radius 2 is 1.86 bits per heavy atom. The molecular weight excluding hydrogens is 366 g/mol. The van der Waals surface area contributed by atoms with Crippen LogP contribution in [0, 0.1) is 6.92 Å². The van der Waals surface area contributed by atoms with Gasteiger partial charge in [0.05, 0.1) is 0 Å². The van der Waals surface area contributed by atoms with Crippen LogP contribution in [0.5, 0.6) is 0 Å². The summed E-state index contributed by atoms with van der Waals surface area (Å²) in [5.41, 5.74) is 3.07. The lowest BCUT2D eigenvalue weighted by molar-refractivity contribution is 0.0901. The Bertz CT molecular complexity index is 842. The molecule has 0 spiro atoms. The van der Waals surface area contributed by atoms with Crippen LogP contribution in [-0.4, -0.2) is 47.0 Å². The summed E-state index contributed by atoms with van der Waals surface area (Å²) in [6, 6.07) is 7.38. The van der Waals surface area contributed by atoms with Gasteiger partial charge in [-0.2, -0.15) is 0 Å². The number of pyridine rings is 1. The highest BCUT2D eigenvalue weighted by atomic mass is 32.1. The maximum Gasteiger partial charge on any atom is 0.251 e. The average Bonchev–Trinajstić information content (AvgIpc) is 3.17. The van der Waals surface area contributed by atoms with Gasteiger partial charge in [0.25, 0.3) is 5.56 Å². The fourth-order valence-corrected chi connectivity index (χ4v) is 5.86. The van der Waals surface area contributed by atoms with Crippen LogP contribution in [-0.2, 0) is 13.0 Å². The summed E-state index contributed by atoms with van der Waals surface area (Å²) >= 11 is 1.87. The molecule has 0 aromatic carbocycles. The lowest BCUT2D eigenvalue weighted by Crippen LogP contribution is -2.46. The van der Waals surface area contributed by atoms with Gasteiger partial charge in [0.2, 0.25) is 0 Å². The van der Waals surface area contributed by atoms with Gasteiger partial charge in [-0.1, -0.05) is 13.3 Å². The number of nitrogens with one attached hydrogen (secondary N) is 1. The molecule has 0 bridgehead atoms. The van der Waals surface area contributed by atoms with E-state index in [2.05, 4.69) is 33.0 Å². The average molecular weight is 400 g/mol. The Morgan fingerprint density at radius 3 is 2.57 bits per heavy atom. The topological polar surface area (TPSA) is 39.3 Å². The molecule has 2 saturated heterocycles. The van der Waals surface area contributed by atoms with Gasteiger partial charge in [-0.3, -0.25) is 9.69 Å². The summed E-state index contributed by atoms with van der Waals surface area (Å²) in [7, 11) is 0. The van der Waals surface area contributed by atoms with Crippen molar-refractivity contribution in [3.05, 3.63) is 44.7 Å². The second kappa shape index (κ2) is 8.93. The minimum absolute atomic E-state index is 0.0529. The zero-order chi connectivity index (χ0) is 19.5. The van der Waals surface area contributed by atoms with E-state index in [1.165, 1.54) is 73.6 Å². The van der Waals surface area contributed by atoms with Gasteiger partial charge in [-0.15, -0.1) is 11.3 Å². The third kappa shape index (κ3) is 4.42. The van der Waals surface area contributed by atoms with Gasteiger partial charge in [0.1, 0.15) is 0 Å². The maximum atomic E-state index is 12.0. The minimum Gasteiger partial charge on any atom is -0.326 e. The zero-order valence-electron chi connectivity index (χ0n) is 17.3. The second-order valence-corrected chi connectivity index (χ2v) is 9.55. The van der Waals surface area contributed by atoms with E-state index in [9.17, 15) is 4.79 Å². The van der Waals surface area contributed by atoms with E-state index in [0.29, 0.717) is 0 Å². The van der Waals surface area contributed by atoms with E-state index in [1.807, 2.05) is 25.2 Å². The molecule has 5 heteroatoms. The van der Waals surface area contributed by atoms with Crippen LogP contribution in [0.4, 0.5) is 0 Å².